The van der Waals surface area contributed by atoms with E-state index in [-0.39, 0.29) is 6.61 Å². The fourth-order valence-corrected chi connectivity index (χ4v) is 11.4. The molecule has 1 aliphatic heterocycles. The molecule has 1 unspecified atom stereocenters. The summed E-state index contributed by atoms with van der Waals surface area (Å²) in [5.41, 5.74) is -3.67. The molecule has 3 nitrogen and oxygen atoms in total. The van der Waals surface area contributed by atoms with Crippen molar-refractivity contribution in [3.63, 3.8) is 0 Å². The van der Waals surface area contributed by atoms with Crippen molar-refractivity contribution in [3.8, 4) is 0 Å². The number of carbonyl (C=O) groups is 1. The zero-order valence-corrected chi connectivity index (χ0v) is 22.8. The van der Waals surface area contributed by atoms with Gasteiger partial charge in [0.25, 0.3) is 0 Å². The number of alkyl halides is 3. The predicted molar refractivity (Wildman–Crippen MR) is 153 cm³/mol. The van der Waals surface area contributed by atoms with Gasteiger partial charge in [-0.3, -0.25) is 0 Å². The van der Waals surface area contributed by atoms with Gasteiger partial charge in [0, 0.05) is 0 Å². The first-order valence-corrected chi connectivity index (χ1v) is 15.5. The summed E-state index contributed by atoms with van der Waals surface area (Å²) in [7, 11) is 0. The zero-order chi connectivity index (χ0) is 27.6. The quantitative estimate of drug-likeness (QED) is 0.179. The summed E-state index contributed by atoms with van der Waals surface area (Å²) in [4.78, 5) is 14.1. The van der Waals surface area contributed by atoms with Gasteiger partial charge in [-0.15, -0.1) is 0 Å². The van der Waals surface area contributed by atoms with Gasteiger partial charge < -0.3 is 0 Å². The maximum atomic E-state index is 15.6. The molecule has 1 atom stereocenters. The van der Waals surface area contributed by atoms with Crippen LogP contribution in [0.2, 0.25) is 0 Å². The maximum absolute atomic E-state index is 15.6. The van der Waals surface area contributed by atoms with Crippen molar-refractivity contribution >= 4 is 46.1 Å². The number of ether oxygens (including phenoxy) is 1. The second kappa shape index (κ2) is 10.2. The molecule has 5 rings (SSSR count). The van der Waals surface area contributed by atoms with E-state index in [0.29, 0.717) is 20.8 Å². The van der Waals surface area contributed by atoms with E-state index >= 15 is 13.2 Å². The third-order valence-electron chi connectivity index (χ3n) is 6.86. The Balaban J connectivity index is 1.97. The van der Waals surface area contributed by atoms with Gasteiger partial charge in [0.05, 0.1) is 0 Å². The van der Waals surface area contributed by atoms with Gasteiger partial charge in [0.1, 0.15) is 0 Å². The van der Waals surface area contributed by atoms with Crippen LogP contribution in [0.25, 0.3) is 6.08 Å². The average Bonchev–Trinajstić information content (AvgIpc) is 3.60. The fraction of sp³-hybridized carbons (Fsp3) is 0.129. The van der Waals surface area contributed by atoms with Gasteiger partial charge in [-0.1, -0.05) is 0 Å². The number of benzene rings is 3. The molecule has 0 fully saturated rings. The first-order chi connectivity index (χ1) is 18.8. The van der Waals surface area contributed by atoms with E-state index < -0.39 is 30.2 Å². The molecule has 0 bridgehead atoms. The molecule has 0 saturated heterocycles. The molecule has 2 heterocycles. The van der Waals surface area contributed by atoms with Crippen molar-refractivity contribution < 1.29 is 27.2 Å². The molecular formula is C31H26F3O3PS. The van der Waals surface area contributed by atoms with Gasteiger partial charge in [-0.05, 0) is 0 Å². The fourth-order valence-electron chi connectivity index (χ4n) is 5.14. The predicted octanol–water partition coefficient (Wildman–Crippen LogP) is 6.98. The summed E-state index contributed by atoms with van der Waals surface area (Å²) in [6, 6.07) is 30.1. The van der Waals surface area contributed by atoms with Crippen LogP contribution in [0.5, 0.6) is 0 Å². The Kier molecular flexibility index (Phi) is 7.10. The number of esters is 1. The van der Waals surface area contributed by atoms with Crippen molar-refractivity contribution in [3.05, 3.63) is 131 Å². The number of thiophene rings is 1. The van der Waals surface area contributed by atoms with Crippen LogP contribution < -0.4 is 15.9 Å². The molecule has 1 aromatic heterocycles. The second-order valence-corrected chi connectivity index (χ2v) is 14.2. The zero-order valence-electron chi connectivity index (χ0n) is 21.0. The number of carbonyl (C=O) groups excluding carboxylic acids is 1. The van der Waals surface area contributed by atoms with Gasteiger partial charge in [0.2, 0.25) is 0 Å². The van der Waals surface area contributed by atoms with E-state index in [4.69, 9.17) is 9.26 Å². The molecule has 0 amide bonds. The number of hydrogen-bond acceptors (Lipinski definition) is 4. The van der Waals surface area contributed by atoms with Crippen molar-refractivity contribution in [2.45, 2.75) is 18.7 Å². The SMILES string of the molecule is CCOC(=O)C1=CP(c2ccccc2)(c2ccccc2)(c2ccccc2)OC1(/C=C/c1cccs1)C(F)(F)F. The second-order valence-electron chi connectivity index (χ2n) is 9.05. The van der Waals surface area contributed by atoms with Crippen molar-refractivity contribution in [1.82, 2.24) is 0 Å². The Morgan fingerprint density at radius 1 is 0.872 bits per heavy atom. The molecule has 1 aliphatic rings. The number of rotatable bonds is 7. The molecular weight excluding hydrogens is 540 g/mol. The first kappa shape index (κ1) is 27.1. The van der Waals surface area contributed by atoms with Crippen LogP contribution in [-0.4, -0.2) is 24.4 Å². The molecule has 0 aliphatic carbocycles. The Morgan fingerprint density at radius 3 is 1.79 bits per heavy atom. The van der Waals surface area contributed by atoms with E-state index in [1.165, 1.54) is 23.2 Å². The Hall–Kier alpha value is -3.51. The molecule has 39 heavy (non-hydrogen) atoms. The standard InChI is InChI=1S/C31H26F3O3PS/c1-2-36-29(35)28-23-38(24-13-6-3-7-14-24,25-15-8-4-9-16-25,26-17-10-5-11-18-26)37-30(28,31(32,33)34)21-20-27-19-12-22-39-27/h3-23H,2H2,1H3/b21-20+. The van der Waals surface area contributed by atoms with Crippen LogP contribution in [0.4, 0.5) is 13.2 Å². The molecule has 0 N–H and O–H groups in total. The third-order valence-corrected chi connectivity index (χ3v) is 13.1. The van der Waals surface area contributed by atoms with Crippen molar-refractivity contribution in [2.75, 3.05) is 6.61 Å². The van der Waals surface area contributed by atoms with E-state index in [9.17, 15) is 4.79 Å². The normalized spacial score (nSPS) is 21.1. The van der Waals surface area contributed by atoms with E-state index in [1.54, 1.807) is 115 Å². The topological polar surface area (TPSA) is 35.5 Å². The summed E-state index contributed by atoms with van der Waals surface area (Å²) >= 11 is 1.29. The van der Waals surface area contributed by atoms with Gasteiger partial charge in [-0.25, -0.2) is 0 Å². The van der Waals surface area contributed by atoms with Crippen LogP contribution in [0.15, 0.2) is 126 Å². The summed E-state index contributed by atoms with van der Waals surface area (Å²) in [6.45, 7) is -3.12. The van der Waals surface area contributed by atoms with Gasteiger partial charge >= 0.3 is 230 Å². The summed E-state index contributed by atoms with van der Waals surface area (Å²) in [5.74, 6) is 0.371. The Bertz CT molecular complexity index is 1400. The van der Waals surface area contributed by atoms with E-state index in [1.807, 2.05) is 0 Å². The van der Waals surface area contributed by atoms with Crippen LogP contribution in [0, 0.1) is 0 Å². The number of hydrogen-bond donors (Lipinski definition) is 0. The molecule has 3 aromatic carbocycles. The van der Waals surface area contributed by atoms with Crippen molar-refractivity contribution in [1.29, 1.82) is 0 Å². The van der Waals surface area contributed by atoms with Gasteiger partial charge in [-0.2, -0.15) is 0 Å². The summed E-state index contributed by atoms with van der Waals surface area (Å²) < 4.78 is 58.7. The first-order valence-electron chi connectivity index (χ1n) is 12.4. The molecule has 0 radical (unpaired) electrons. The monoisotopic (exact) mass is 566 g/mol. The van der Waals surface area contributed by atoms with Crippen LogP contribution in [-0.2, 0) is 14.1 Å². The van der Waals surface area contributed by atoms with E-state index in [2.05, 4.69) is 0 Å². The molecule has 0 saturated carbocycles. The third kappa shape index (κ3) is 4.26. The van der Waals surface area contributed by atoms with Crippen LogP contribution >= 0.6 is 18.2 Å². The minimum atomic E-state index is -5.00. The molecule has 8 heteroatoms. The molecule has 0 spiro atoms. The van der Waals surface area contributed by atoms with Crippen molar-refractivity contribution in [2.24, 2.45) is 0 Å². The average molecular weight is 567 g/mol. The number of halogens is 3. The Morgan fingerprint density at radius 2 is 1.38 bits per heavy atom. The van der Waals surface area contributed by atoms with Crippen LogP contribution in [0.1, 0.15) is 11.8 Å². The van der Waals surface area contributed by atoms with Crippen LogP contribution in [0.3, 0.4) is 0 Å². The minimum absolute atomic E-state index is 0.0866. The molecule has 200 valence electrons. The summed E-state index contributed by atoms with van der Waals surface area (Å²) in [6.07, 6.45) is -2.68. The molecule has 4 aromatic rings. The van der Waals surface area contributed by atoms with Gasteiger partial charge in [0.15, 0.2) is 0 Å². The Labute approximate surface area is 229 Å². The summed E-state index contributed by atoms with van der Waals surface area (Å²) in [5, 5.41) is 3.39. The van der Waals surface area contributed by atoms with E-state index in [0.717, 1.165) is 6.08 Å².